The molecule has 164 valence electrons. The van der Waals surface area contributed by atoms with Crippen LogP contribution in [0.5, 0.6) is 0 Å². The summed E-state index contributed by atoms with van der Waals surface area (Å²) < 4.78 is 30.3. The number of hydrogen-bond acceptors (Lipinski definition) is 3. The number of aromatic nitrogens is 3. The predicted molar refractivity (Wildman–Crippen MR) is 116 cm³/mol. The number of carbonyl (C=O) groups excluding carboxylic acids is 1. The van der Waals surface area contributed by atoms with Gasteiger partial charge in [0, 0.05) is 30.8 Å². The Morgan fingerprint density at radius 3 is 2.50 bits per heavy atom. The molecule has 0 N–H and O–H groups in total. The fraction of sp³-hybridized carbons (Fsp3) is 0.400. The number of hydrogen-bond donors (Lipinski definition) is 0. The van der Waals surface area contributed by atoms with Gasteiger partial charge in [0.2, 0.25) is 0 Å². The molecule has 3 aromatic rings. The average molecular weight is 434 g/mol. The molecule has 2 aliphatic carbocycles. The summed E-state index contributed by atoms with van der Waals surface area (Å²) in [6.07, 6.45) is 6.28. The Morgan fingerprint density at radius 2 is 1.84 bits per heavy atom. The zero-order valence-corrected chi connectivity index (χ0v) is 18.1. The first-order valence-electron chi connectivity index (χ1n) is 11.0. The van der Waals surface area contributed by atoms with Crippen molar-refractivity contribution in [3.63, 3.8) is 0 Å². The van der Waals surface area contributed by atoms with Crippen LogP contribution in [0.25, 0.3) is 0 Å². The van der Waals surface area contributed by atoms with Crippen LogP contribution in [0.15, 0.2) is 48.8 Å². The van der Waals surface area contributed by atoms with Crippen LogP contribution in [0, 0.1) is 5.41 Å². The molecule has 6 rings (SSSR count). The molecule has 1 aromatic heterocycles. The number of aryl methyl sites for hydroxylation is 1. The van der Waals surface area contributed by atoms with Gasteiger partial charge in [-0.25, -0.2) is 8.78 Å². The highest BCUT2D eigenvalue weighted by Gasteiger charge is 2.63. The van der Waals surface area contributed by atoms with Crippen LogP contribution in [0.4, 0.5) is 14.5 Å². The Labute approximate surface area is 185 Å². The molecular formula is C25H24F2N4O. The second-order valence-electron chi connectivity index (χ2n) is 9.86. The van der Waals surface area contributed by atoms with E-state index in [-0.39, 0.29) is 23.4 Å². The molecule has 1 aliphatic heterocycles. The molecule has 0 unspecified atom stereocenters. The van der Waals surface area contributed by atoms with Crippen molar-refractivity contribution in [3.8, 4) is 0 Å². The summed E-state index contributed by atoms with van der Waals surface area (Å²) in [7, 11) is 1.96. The normalized spacial score (nSPS) is 20.4. The van der Waals surface area contributed by atoms with E-state index in [0.29, 0.717) is 16.5 Å². The van der Waals surface area contributed by atoms with Crippen molar-refractivity contribution in [2.75, 3.05) is 4.90 Å². The van der Waals surface area contributed by atoms with E-state index >= 15 is 0 Å². The minimum Gasteiger partial charge on any atom is -0.320 e. The van der Waals surface area contributed by atoms with Gasteiger partial charge >= 0.3 is 0 Å². The molecule has 1 amide bonds. The summed E-state index contributed by atoms with van der Waals surface area (Å²) in [5, 5.41) is 8.55. The Hall–Kier alpha value is -3.09. The van der Waals surface area contributed by atoms with Gasteiger partial charge in [0.1, 0.15) is 12.2 Å². The first kappa shape index (κ1) is 19.6. The quantitative estimate of drug-likeness (QED) is 0.584. The Morgan fingerprint density at radius 1 is 1.09 bits per heavy atom. The highest BCUT2D eigenvalue weighted by Crippen LogP contribution is 2.70. The van der Waals surface area contributed by atoms with Crippen molar-refractivity contribution >= 4 is 11.6 Å². The molecule has 2 fully saturated rings. The van der Waals surface area contributed by atoms with Crippen LogP contribution in [-0.4, -0.2) is 20.7 Å². The summed E-state index contributed by atoms with van der Waals surface area (Å²) in [6, 6.07) is 12.6. The van der Waals surface area contributed by atoms with Gasteiger partial charge in [-0.05, 0) is 60.4 Å². The molecule has 1 spiro atoms. The minimum absolute atomic E-state index is 0.0766. The van der Waals surface area contributed by atoms with E-state index in [1.807, 2.05) is 29.8 Å². The summed E-state index contributed by atoms with van der Waals surface area (Å²) in [4.78, 5) is 14.8. The maximum Gasteiger partial charge on any atom is 0.270 e. The number of amides is 1. The molecule has 0 atom stereocenters. The van der Waals surface area contributed by atoms with E-state index in [1.54, 1.807) is 17.3 Å². The van der Waals surface area contributed by atoms with Gasteiger partial charge in [-0.15, -0.1) is 10.2 Å². The molecular weight excluding hydrogens is 410 g/mol. The van der Waals surface area contributed by atoms with Crippen LogP contribution < -0.4 is 4.90 Å². The van der Waals surface area contributed by atoms with Gasteiger partial charge in [-0.3, -0.25) is 4.79 Å². The minimum atomic E-state index is -3.00. The van der Waals surface area contributed by atoms with Crippen LogP contribution in [0.2, 0.25) is 0 Å². The standard InChI is InChI=1S/C25H24F2N4O/c1-23(26,27)20-8-4-7-18-19(20)12-31(21(18)32)17-6-3-5-16(11-17)25(13-24(14-25)9-10-24)22-29-28-15-30(22)2/h3-8,11,15H,9-10,12-14H2,1-2H3. The number of halogens is 2. The lowest BCUT2D eigenvalue weighted by molar-refractivity contribution is 0.0166. The van der Waals surface area contributed by atoms with E-state index in [2.05, 4.69) is 16.3 Å². The van der Waals surface area contributed by atoms with Crippen molar-refractivity contribution < 1.29 is 13.6 Å². The smallest absolute Gasteiger partial charge is 0.270 e. The topological polar surface area (TPSA) is 51.0 Å². The van der Waals surface area contributed by atoms with Crippen molar-refractivity contribution in [2.24, 2.45) is 12.5 Å². The van der Waals surface area contributed by atoms with Gasteiger partial charge in [0.25, 0.3) is 11.8 Å². The average Bonchev–Trinajstić information content (AvgIpc) is 3.30. The third-order valence-electron chi connectivity index (χ3n) is 7.60. The number of anilines is 1. The Balaban J connectivity index is 1.40. The van der Waals surface area contributed by atoms with Crippen LogP contribution in [0.3, 0.4) is 0 Å². The number of fused-ring (bicyclic) bond motifs is 1. The van der Waals surface area contributed by atoms with E-state index in [9.17, 15) is 13.6 Å². The van der Waals surface area contributed by atoms with Crippen molar-refractivity contribution in [1.82, 2.24) is 14.8 Å². The lowest BCUT2D eigenvalue weighted by Gasteiger charge is -2.48. The molecule has 5 nitrogen and oxygen atoms in total. The molecule has 3 aliphatic rings. The largest absolute Gasteiger partial charge is 0.320 e. The second kappa shape index (κ2) is 6.24. The predicted octanol–water partition coefficient (Wildman–Crippen LogP) is 4.95. The molecule has 7 heteroatoms. The van der Waals surface area contributed by atoms with Crippen molar-refractivity contribution in [3.05, 3.63) is 76.9 Å². The fourth-order valence-corrected chi connectivity index (χ4v) is 5.89. The Kier molecular flexibility index (Phi) is 3.82. The molecule has 0 bridgehead atoms. The van der Waals surface area contributed by atoms with Gasteiger partial charge < -0.3 is 9.47 Å². The number of nitrogens with zero attached hydrogens (tertiary/aromatic N) is 4. The summed E-state index contributed by atoms with van der Waals surface area (Å²) in [5.41, 5.74) is 2.73. The van der Waals surface area contributed by atoms with E-state index in [1.165, 1.54) is 25.0 Å². The highest BCUT2D eigenvalue weighted by atomic mass is 19.3. The number of benzene rings is 2. The molecule has 2 saturated carbocycles. The van der Waals surface area contributed by atoms with Crippen LogP contribution in [0.1, 0.15) is 65.5 Å². The monoisotopic (exact) mass is 434 g/mol. The van der Waals surface area contributed by atoms with Crippen LogP contribution >= 0.6 is 0 Å². The number of rotatable bonds is 4. The van der Waals surface area contributed by atoms with E-state index in [4.69, 9.17) is 0 Å². The fourth-order valence-electron chi connectivity index (χ4n) is 5.89. The summed E-state index contributed by atoms with van der Waals surface area (Å²) in [5.74, 6) is -2.29. The van der Waals surface area contributed by atoms with Crippen molar-refractivity contribution in [2.45, 2.75) is 50.5 Å². The highest BCUT2D eigenvalue weighted by molar-refractivity contribution is 6.10. The van der Waals surface area contributed by atoms with Crippen molar-refractivity contribution in [1.29, 1.82) is 0 Å². The summed E-state index contributed by atoms with van der Waals surface area (Å²) >= 11 is 0. The molecule has 0 saturated heterocycles. The zero-order valence-electron chi connectivity index (χ0n) is 18.1. The first-order chi connectivity index (χ1) is 15.2. The maximum absolute atomic E-state index is 14.2. The number of alkyl halides is 2. The Bertz CT molecular complexity index is 1250. The number of carbonyl (C=O) groups is 1. The third-order valence-corrected chi connectivity index (χ3v) is 7.60. The van der Waals surface area contributed by atoms with Crippen LogP contribution in [-0.2, 0) is 24.9 Å². The molecule has 2 aromatic carbocycles. The van der Waals surface area contributed by atoms with E-state index < -0.39 is 5.92 Å². The second-order valence-corrected chi connectivity index (χ2v) is 9.86. The van der Waals surface area contributed by atoms with Gasteiger partial charge in [0.05, 0.1) is 12.0 Å². The SMILES string of the molecule is Cn1cnnc1C1(c2cccc(N3Cc4c(cccc4C(C)(F)F)C3=O)c2)CC2(CC2)C1. The lowest BCUT2D eigenvalue weighted by atomic mass is 9.56. The molecule has 32 heavy (non-hydrogen) atoms. The van der Waals surface area contributed by atoms with Gasteiger partial charge in [-0.2, -0.15) is 0 Å². The first-order valence-corrected chi connectivity index (χ1v) is 11.0. The zero-order chi connectivity index (χ0) is 22.3. The van der Waals surface area contributed by atoms with E-state index in [0.717, 1.165) is 36.8 Å². The van der Waals surface area contributed by atoms with Gasteiger partial charge in [0.15, 0.2) is 0 Å². The third kappa shape index (κ3) is 2.69. The lowest BCUT2D eigenvalue weighted by Crippen LogP contribution is -2.45. The van der Waals surface area contributed by atoms with Gasteiger partial charge in [-0.1, -0.05) is 24.3 Å². The molecule has 0 radical (unpaired) electrons. The molecule has 2 heterocycles. The maximum atomic E-state index is 14.2. The summed E-state index contributed by atoms with van der Waals surface area (Å²) in [6.45, 7) is 1.03.